The molecule has 3 rings (SSSR count). The number of amides is 2. The molecule has 1 aliphatic heterocycles. The number of ether oxygens (including phenoxy) is 2. The van der Waals surface area contributed by atoms with Crippen LogP contribution >= 0.6 is 0 Å². The van der Waals surface area contributed by atoms with Crippen LogP contribution in [0.2, 0.25) is 0 Å². The van der Waals surface area contributed by atoms with Crippen LogP contribution in [0.3, 0.4) is 0 Å². The Morgan fingerprint density at radius 3 is 2.78 bits per heavy atom. The Balaban J connectivity index is 1.71. The third-order valence-electron chi connectivity index (χ3n) is 4.40. The molecule has 1 aliphatic rings. The van der Waals surface area contributed by atoms with Gasteiger partial charge in [-0.15, -0.1) is 0 Å². The number of methoxy groups -OCH3 is 1. The van der Waals surface area contributed by atoms with Crippen LogP contribution in [0.25, 0.3) is 0 Å². The van der Waals surface area contributed by atoms with Gasteiger partial charge in [-0.25, -0.2) is 4.39 Å². The fourth-order valence-corrected chi connectivity index (χ4v) is 2.99. The summed E-state index contributed by atoms with van der Waals surface area (Å²) in [6, 6.07) is 10.6. The monoisotopic (exact) mass is 372 g/mol. The standard InChI is InChI=1S/C20H21FN2O4/c1-12-8-18(24)23-19(12)20(25)22-16-9-13(6-7-17(16)26-2)11-27-15-5-3-4-14(21)10-15/h3-7,9-10,12,19H,8,11H2,1-2H3,(H,22,25)(H,23,24)/t12-,19+/m0/s1. The Hall–Kier alpha value is -3.09. The Morgan fingerprint density at radius 2 is 2.11 bits per heavy atom. The lowest BCUT2D eigenvalue weighted by molar-refractivity contribution is -0.123. The van der Waals surface area contributed by atoms with Gasteiger partial charge in [0.05, 0.1) is 12.8 Å². The summed E-state index contributed by atoms with van der Waals surface area (Å²) >= 11 is 0. The third kappa shape index (κ3) is 4.55. The normalized spacial score (nSPS) is 18.7. The molecule has 142 valence electrons. The zero-order valence-corrected chi connectivity index (χ0v) is 15.1. The van der Waals surface area contributed by atoms with Crippen molar-refractivity contribution in [1.29, 1.82) is 0 Å². The minimum Gasteiger partial charge on any atom is -0.495 e. The SMILES string of the molecule is COc1ccc(COc2cccc(F)c2)cc1NC(=O)[C@@H]1NC(=O)C[C@@H]1C. The van der Waals surface area contributed by atoms with Crippen molar-refractivity contribution in [3.63, 3.8) is 0 Å². The second-order valence-electron chi connectivity index (χ2n) is 6.50. The van der Waals surface area contributed by atoms with Crippen LogP contribution in [0, 0.1) is 11.7 Å². The quantitative estimate of drug-likeness (QED) is 0.818. The summed E-state index contributed by atoms with van der Waals surface area (Å²) < 4.78 is 24.1. The minimum absolute atomic E-state index is 0.0806. The van der Waals surface area contributed by atoms with E-state index in [1.807, 2.05) is 6.92 Å². The molecule has 0 saturated carbocycles. The largest absolute Gasteiger partial charge is 0.495 e. The molecule has 2 aromatic rings. The van der Waals surface area contributed by atoms with Crippen molar-refractivity contribution < 1.29 is 23.5 Å². The summed E-state index contributed by atoms with van der Waals surface area (Å²) in [5.41, 5.74) is 1.26. The molecule has 0 bridgehead atoms. The zero-order valence-electron chi connectivity index (χ0n) is 15.1. The first-order chi connectivity index (χ1) is 13.0. The van der Waals surface area contributed by atoms with Gasteiger partial charge in [0.2, 0.25) is 11.8 Å². The highest BCUT2D eigenvalue weighted by Gasteiger charge is 2.34. The number of carbonyl (C=O) groups is 2. The molecule has 0 aromatic heterocycles. The molecule has 0 spiro atoms. The fourth-order valence-electron chi connectivity index (χ4n) is 2.99. The van der Waals surface area contributed by atoms with Gasteiger partial charge in [0.1, 0.15) is 30.0 Å². The van der Waals surface area contributed by atoms with Crippen molar-refractivity contribution >= 4 is 17.5 Å². The Kier molecular flexibility index (Phi) is 5.59. The topological polar surface area (TPSA) is 76.7 Å². The number of hydrogen-bond acceptors (Lipinski definition) is 4. The van der Waals surface area contributed by atoms with Gasteiger partial charge >= 0.3 is 0 Å². The molecular weight excluding hydrogens is 351 g/mol. The second kappa shape index (κ2) is 8.07. The zero-order chi connectivity index (χ0) is 19.4. The number of anilines is 1. The van der Waals surface area contributed by atoms with Gasteiger partial charge in [-0.2, -0.15) is 0 Å². The van der Waals surface area contributed by atoms with E-state index in [4.69, 9.17) is 9.47 Å². The number of nitrogens with one attached hydrogen (secondary N) is 2. The van der Waals surface area contributed by atoms with E-state index < -0.39 is 6.04 Å². The first kappa shape index (κ1) is 18.7. The Bertz CT molecular complexity index is 856. The van der Waals surface area contributed by atoms with Gasteiger partial charge in [0.25, 0.3) is 0 Å². The lowest BCUT2D eigenvalue weighted by Crippen LogP contribution is -2.40. The van der Waals surface area contributed by atoms with Crippen LogP contribution in [0.5, 0.6) is 11.5 Å². The van der Waals surface area contributed by atoms with Gasteiger partial charge in [0.15, 0.2) is 0 Å². The predicted octanol–water partition coefficient (Wildman–Crippen LogP) is 2.88. The number of hydrogen-bond donors (Lipinski definition) is 2. The highest BCUT2D eigenvalue weighted by molar-refractivity contribution is 6.00. The van der Waals surface area contributed by atoms with Crippen LogP contribution in [0.15, 0.2) is 42.5 Å². The summed E-state index contributed by atoms with van der Waals surface area (Å²) in [5, 5.41) is 5.48. The highest BCUT2D eigenvalue weighted by atomic mass is 19.1. The van der Waals surface area contributed by atoms with Crippen molar-refractivity contribution in [2.45, 2.75) is 26.0 Å². The predicted molar refractivity (Wildman–Crippen MR) is 98.1 cm³/mol. The van der Waals surface area contributed by atoms with Crippen LogP contribution in [0.4, 0.5) is 10.1 Å². The van der Waals surface area contributed by atoms with Crippen LogP contribution < -0.4 is 20.1 Å². The van der Waals surface area contributed by atoms with E-state index in [-0.39, 0.29) is 30.2 Å². The second-order valence-corrected chi connectivity index (χ2v) is 6.50. The average molecular weight is 372 g/mol. The van der Waals surface area contributed by atoms with Gasteiger partial charge in [0, 0.05) is 12.5 Å². The molecule has 0 radical (unpaired) electrons. The summed E-state index contributed by atoms with van der Waals surface area (Å²) in [7, 11) is 1.51. The maximum Gasteiger partial charge on any atom is 0.247 e. The lowest BCUT2D eigenvalue weighted by atomic mass is 10.0. The molecule has 1 saturated heterocycles. The lowest BCUT2D eigenvalue weighted by Gasteiger charge is -2.17. The fraction of sp³-hybridized carbons (Fsp3) is 0.300. The third-order valence-corrected chi connectivity index (χ3v) is 4.40. The van der Waals surface area contributed by atoms with Crippen LogP contribution in [-0.2, 0) is 16.2 Å². The van der Waals surface area contributed by atoms with Crippen molar-refractivity contribution in [2.24, 2.45) is 5.92 Å². The number of halogens is 1. The molecule has 2 amide bonds. The molecule has 1 heterocycles. The molecule has 2 aromatic carbocycles. The van der Waals surface area contributed by atoms with Crippen molar-refractivity contribution in [3.05, 3.63) is 53.8 Å². The van der Waals surface area contributed by atoms with Gasteiger partial charge < -0.3 is 20.1 Å². The highest BCUT2D eigenvalue weighted by Crippen LogP contribution is 2.27. The van der Waals surface area contributed by atoms with Crippen molar-refractivity contribution in [2.75, 3.05) is 12.4 Å². The Morgan fingerprint density at radius 1 is 1.30 bits per heavy atom. The molecule has 27 heavy (non-hydrogen) atoms. The molecule has 2 N–H and O–H groups in total. The minimum atomic E-state index is -0.575. The van der Waals surface area contributed by atoms with E-state index in [0.717, 1.165) is 5.56 Å². The average Bonchev–Trinajstić information content (AvgIpc) is 2.98. The molecule has 6 nitrogen and oxygen atoms in total. The van der Waals surface area contributed by atoms with E-state index >= 15 is 0 Å². The molecule has 1 fully saturated rings. The van der Waals surface area contributed by atoms with Crippen molar-refractivity contribution in [1.82, 2.24) is 5.32 Å². The van der Waals surface area contributed by atoms with E-state index in [9.17, 15) is 14.0 Å². The maximum atomic E-state index is 13.2. The maximum absolute atomic E-state index is 13.2. The van der Waals surface area contributed by atoms with Gasteiger partial charge in [-0.1, -0.05) is 19.1 Å². The number of rotatable bonds is 6. The van der Waals surface area contributed by atoms with E-state index in [0.29, 0.717) is 23.6 Å². The molecule has 0 aliphatic carbocycles. The van der Waals surface area contributed by atoms with Crippen molar-refractivity contribution in [3.8, 4) is 11.5 Å². The van der Waals surface area contributed by atoms with Crippen LogP contribution in [0.1, 0.15) is 18.9 Å². The van der Waals surface area contributed by atoms with Crippen LogP contribution in [-0.4, -0.2) is 25.0 Å². The summed E-state index contributed by atoms with van der Waals surface area (Å²) in [6.07, 6.45) is 0.330. The summed E-state index contributed by atoms with van der Waals surface area (Å²) in [5.74, 6) is 0.0290. The summed E-state index contributed by atoms with van der Waals surface area (Å²) in [6.45, 7) is 2.05. The first-order valence-electron chi connectivity index (χ1n) is 8.62. The molecule has 0 unspecified atom stereocenters. The van der Waals surface area contributed by atoms with Gasteiger partial charge in [-0.05, 0) is 35.7 Å². The Labute approximate surface area is 156 Å². The van der Waals surface area contributed by atoms with E-state index in [2.05, 4.69) is 10.6 Å². The number of benzene rings is 2. The first-order valence-corrected chi connectivity index (χ1v) is 8.62. The van der Waals surface area contributed by atoms with E-state index in [1.165, 1.54) is 19.2 Å². The molecule has 7 heteroatoms. The number of carbonyl (C=O) groups excluding carboxylic acids is 2. The van der Waals surface area contributed by atoms with E-state index in [1.54, 1.807) is 30.3 Å². The molecule has 2 atom stereocenters. The smallest absolute Gasteiger partial charge is 0.247 e. The molecular formula is C20H21FN2O4. The van der Waals surface area contributed by atoms with Gasteiger partial charge in [-0.3, -0.25) is 9.59 Å². The summed E-state index contributed by atoms with van der Waals surface area (Å²) in [4.78, 5) is 24.0.